The van der Waals surface area contributed by atoms with E-state index in [0.717, 1.165) is 11.3 Å². The summed E-state index contributed by atoms with van der Waals surface area (Å²) in [6.45, 7) is 17.4. The molecule has 0 bridgehead atoms. The molecule has 0 nitrogen and oxygen atoms in total. The van der Waals surface area contributed by atoms with Crippen LogP contribution in [-0.4, -0.2) is 21.6 Å². The number of rotatable bonds is 5. The molecule has 0 heterocycles. The maximum Gasteiger partial charge on any atom is 2.00 e. The Balaban J connectivity index is 0.000000640. The predicted octanol–water partition coefficient (Wildman–Crippen LogP) is 9.74. The van der Waals surface area contributed by atoms with Gasteiger partial charge in [0.05, 0.1) is 0 Å². The molecule has 0 aliphatic heterocycles. The topological polar surface area (TPSA) is 0 Å². The molecule has 2 saturated carbocycles. The van der Waals surface area contributed by atoms with Crippen molar-refractivity contribution in [2.75, 3.05) is 0 Å². The Morgan fingerprint density at radius 2 is 1.37 bits per heavy atom. The van der Waals surface area contributed by atoms with Crippen molar-refractivity contribution >= 4 is 21.1 Å². The van der Waals surface area contributed by atoms with Gasteiger partial charge >= 0.3 is 17.1 Å². The van der Waals surface area contributed by atoms with E-state index in [1.807, 2.05) is 0 Å². The van der Waals surface area contributed by atoms with Crippen LogP contribution in [-0.2, 0) is 17.1 Å². The second kappa shape index (κ2) is 14.1. The van der Waals surface area contributed by atoms with Crippen LogP contribution in [0.25, 0.3) is 0 Å². The number of hydrogen-bond acceptors (Lipinski definition) is 0. The van der Waals surface area contributed by atoms with Crippen LogP contribution >= 0.6 is 15.8 Å². The predicted molar refractivity (Wildman–Crippen MR) is 153 cm³/mol. The fourth-order valence-corrected chi connectivity index (χ4v) is 15.7. The molecular weight excluding hydrogens is 502 g/mol. The van der Waals surface area contributed by atoms with E-state index in [4.69, 9.17) is 0 Å². The summed E-state index contributed by atoms with van der Waals surface area (Å²) in [6.07, 6.45) is 19.8. The van der Waals surface area contributed by atoms with Crippen molar-refractivity contribution in [3.05, 3.63) is 53.1 Å². The summed E-state index contributed by atoms with van der Waals surface area (Å²) in [5.41, 5.74) is 11.7. The smallest absolute Gasteiger partial charge is 0.288 e. The molecule has 2 radical (unpaired) electrons. The van der Waals surface area contributed by atoms with E-state index < -0.39 is 0 Å². The minimum absolute atomic E-state index is 0. The van der Waals surface area contributed by atoms with Gasteiger partial charge in [-0.3, -0.25) is 11.5 Å². The minimum atomic E-state index is -0.151. The van der Waals surface area contributed by atoms with Gasteiger partial charge in [-0.15, -0.1) is 25.4 Å². The summed E-state index contributed by atoms with van der Waals surface area (Å²) in [4.78, 5) is 0. The molecule has 3 aliphatic carbocycles. The monoisotopic (exact) mass is 548 g/mol. The number of allylic oxidation sites excluding steroid dienone is 2. The van der Waals surface area contributed by atoms with Crippen LogP contribution in [0.3, 0.4) is 0 Å². The normalized spacial score (nSPS) is 19.7. The van der Waals surface area contributed by atoms with Crippen LogP contribution in [0.5, 0.6) is 0 Å². The third-order valence-electron chi connectivity index (χ3n) is 7.53. The molecule has 35 heavy (non-hydrogen) atoms. The SMILES string of the molecule is C[C@@H](c1[c]cc[c-]1P(C1CCCCC1)C1CCCCC1)P(C(C)(C)C)C(C)(C)C.[C]1=C=C=C=[C-]1.[Fe+2]. The molecule has 0 unspecified atom stereocenters. The Kier molecular flexibility index (Phi) is 12.5. The van der Waals surface area contributed by atoms with E-state index in [9.17, 15) is 0 Å². The Morgan fingerprint density at radius 3 is 1.74 bits per heavy atom. The second-order valence-electron chi connectivity index (χ2n) is 12.3. The Labute approximate surface area is 230 Å². The summed E-state index contributed by atoms with van der Waals surface area (Å²) in [6, 6.07) is 8.64. The largest absolute Gasteiger partial charge is 2.00 e. The van der Waals surface area contributed by atoms with Gasteiger partial charge in [-0.1, -0.05) is 94.9 Å². The van der Waals surface area contributed by atoms with Crippen LogP contribution in [0.4, 0.5) is 0 Å². The van der Waals surface area contributed by atoms with Crippen LogP contribution in [0, 0.1) is 18.2 Å². The van der Waals surface area contributed by atoms with Crippen LogP contribution in [0.1, 0.15) is 124 Å². The van der Waals surface area contributed by atoms with Crippen LogP contribution in [0.15, 0.2) is 29.3 Å². The van der Waals surface area contributed by atoms with E-state index in [0.29, 0.717) is 16.0 Å². The average Bonchev–Trinajstić information content (AvgIpc) is 3.49. The van der Waals surface area contributed by atoms with Crippen LogP contribution in [0.2, 0.25) is 0 Å². The molecule has 0 aromatic heterocycles. The van der Waals surface area contributed by atoms with Gasteiger partial charge in [-0.05, 0) is 53.0 Å². The quantitative estimate of drug-likeness (QED) is 0.149. The molecule has 0 amide bonds. The van der Waals surface area contributed by atoms with Gasteiger partial charge in [0.25, 0.3) is 0 Å². The van der Waals surface area contributed by atoms with E-state index >= 15 is 0 Å². The number of hydrogen-bond donors (Lipinski definition) is 0. The summed E-state index contributed by atoms with van der Waals surface area (Å²) < 4.78 is 0. The van der Waals surface area contributed by atoms with Gasteiger partial charge < -0.3 is 0 Å². The van der Waals surface area contributed by atoms with E-state index in [1.54, 1.807) is 10.9 Å². The molecule has 1 aromatic carbocycles. The molecule has 0 N–H and O–H groups in total. The minimum Gasteiger partial charge on any atom is -0.288 e. The Bertz CT molecular complexity index is 848. The maximum absolute atomic E-state index is 3.82. The zero-order chi connectivity index (χ0) is 24.8. The molecule has 2 fully saturated rings. The molecule has 1 atom stereocenters. The third kappa shape index (κ3) is 8.67. The summed E-state index contributed by atoms with van der Waals surface area (Å²) >= 11 is 0. The molecule has 1 aromatic rings. The summed E-state index contributed by atoms with van der Waals surface area (Å²) in [5.74, 6) is 0. The third-order valence-corrected chi connectivity index (χ3v) is 15.0. The first kappa shape index (κ1) is 31.0. The Hall–Kier alpha value is -0.191. The second-order valence-corrected chi connectivity index (χ2v) is 19.2. The fraction of sp³-hybridized carbons (Fsp3) is 0.688. The Morgan fingerprint density at radius 1 is 0.857 bits per heavy atom. The first-order valence-electron chi connectivity index (χ1n) is 13.6. The summed E-state index contributed by atoms with van der Waals surface area (Å²) in [5, 5.41) is 2.52. The van der Waals surface area contributed by atoms with E-state index in [-0.39, 0.29) is 32.9 Å². The molecule has 4 rings (SSSR count). The molecule has 3 aliphatic rings. The molecule has 3 heteroatoms. The zero-order valence-electron chi connectivity index (χ0n) is 23.2. The van der Waals surface area contributed by atoms with Gasteiger partial charge in [-0.25, -0.2) is 17.9 Å². The van der Waals surface area contributed by atoms with Crippen molar-refractivity contribution < 1.29 is 17.1 Å². The van der Waals surface area contributed by atoms with Gasteiger partial charge in [0.15, 0.2) is 0 Å². The van der Waals surface area contributed by atoms with Crippen molar-refractivity contribution in [1.82, 2.24) is 0 Å². The van der Waals surface area contributed by atoms with E-state index in [1.165, 1.54) is 64.2 Å². The standard InChI is InChI=1S/C27H46P2.C5.Fe/c1-21(29(26(2,3)4)27(5,6)7)24-19-14-20-25(24)28(22-15-10-8-11-16-22)23-17-12-9-13-18-23;1-2-4-5-3-1;/h14,20-23H,8-13,15-18H2,1-7H3;;/q2*-1;+2/t21-;;/m0../s1. The maximum atomic E-state index is 3.82. The molecule has 0 saturated heterocycles. The average molecular weight is 549 g/mol. The first-order chi connectivity index (χ1) is 16.1. The molecular formula is C32H46FeP2. The first-order valence-corrected chi connectivity index (χ1v) is 16.5. The van der Waals surface area contributed by atoms with Crippen molar-refractivity contribution in [3.8, 4) is 0 Å². The summed E-state index contributed by atoms with van der Waals surface area (Å²) in [7, 11) is -0.177. The van der Waals surface area contributed by atoms with Gasteiger partial charge in [0.2, 0.25) is 0 Å². The van der Waals surface area contributed by atoms with Crippen molar-refractivity contribution in [2.24, 2.45) is 0 Å². The van der Waals surface area contributed by atoms with Crippen molar-refractivity contribution in [3.63, 3.8) is 0 Å². The van der Waals surface area contributed by atoms with Gasteiger partial charge in [0.1, 0.15) is 0 Å². The van der Waals surface area contributed by atoms with E-state index in [2.05, 4.69) is 96.0 Å². The molecule has 0 spiro atoms. The van der Waals surface area contributed by atoms with Gasteiger partial charge in [-0.2, -0.15) is 11.6 Å². The molecule has 192 valence electrons. The van der Waals surface area contributed by atoms with Gasteiger partial charge in [0, 0.05) is 0 Å². The van der Waals surface area contributed by atoms with Crippen LogP contribution < -0.4 is 5.30 Å². The zero-order valence-corrected chi connectivity index (χ0v) is 26.1. The van der Waals surface area contributed by atoms with Crippen molar-refractivity contribution in [1.29, 1.82) is 0 Å². The fourth-order valence-electron chi connectivity index (χ4n) is 6.80. The van der Waals surface area contributed by atoms with Crippen molar-refractivity contribution in [2.45, 2.75) is 140 Å².